The number of para-hydroxylation sites is 1. The molecule has 0 saturated carbocycles. The van der Waals surface area contributed by atoms with Crippen molar-refractivity contribution < 1.29 is 13.9 Å². The van der Waals surface area contributed by atoms with Crippen molar-refractivity contribution >= 4 is 16.8 Å². The molecule has 3 heterocycles. The van der Waals surface area contributed by atoms with Crippen LogP contribution in [0.5, 0.6) is 5.75 Å². The summed E-state index contributed by atoms with van der Waals surface area (Å²) in [6.07, 6.45) is 4.05. The number of likely N-dealkylation sites (tertiary alicyclic amines) is 1. The van der Waals surface area contributed by atoms with Gasteiger partial charge in [-0.1, -0.05) is 18.2 Å². The average molecular weight is 308 g/mol. The zero-order chi connectivity index (χ0) is 15.6. The van der Waals surface area contributed by atoms with Crippen LogP contribution in [0.15, 0.2) is 59.3 Å². The zero-order valence-electron chi connectivity index (χ0n) is 12.5. The number of pyridine rings is 1. The third-order valence-electron chi connectivity index (χ3n) is 4.05. The van der Waals surface area contributed by atoms with Crippen LogP contribution in [-0.4, -0.2) is 35.0 Å². The van der Waals surface area contributed by atoms with Crippen molar-refractivity contribution in [2.45, 2.75) is 12.5 Å². The molecule has 0 radical (unpaired) electrons. The van der Waals surface area contributed by atoms with Gasteiger partial charge >= 0.3 is 0 Å². The van der Waals surface area contributed by atoms with Crippen LogP contribution < -0.4 is 4.74 Å². The Labute approximate surface area is 133 Å². The molecular formula is C18H16N2O3. The van der Waals surface area contributed by atoms with Crippen molar-refractivity contribution in [1.29, 1.82) is 0 Å². The van der Waals surface area contributed by atoms with E-state index < -0.39 is 0 Å². The monoisotopic (exact) mass is 308 g/mol. The Morgan fingerprint density at radius 3 is 3.00 bits per heavy atom. The second-order valence-corrected chi connectivity index (χ2v) is 5.59. The van der Waals surface area contributed by atoms with Crippen LogP contribution in [0.1, 0.15) is 17.0 Å². The molecule has 1 aliphatic heterocycles. The summed E-state index contributed by atoms with van der Waals surface area (Å²) in [5.41, 5.74) is 0.853. The lowest BCUT2D eigenvalue weighted by molar-refractivity contribution is 0.0741. The van der Waals surface area contributed by atoms with Crippen molar-refractivity contribution in [3.8, 4) is 5.75 Å². The highest BCUT2D eigenvalue weighted by molar-refractivity contribution is 5.91. The van der Waals surface area contributed by atoms with E-state index in [1.54, 1.807) is 23.2 Å². The average Bonchev–Trinajstić information content (AvgIpc) is 3.27. The Balaban J connectivity index is 1.49. The van der Waals surface area contributed by atoms with E-state index in [9.17, 15) is 4.79 Å². The van der Waals surface area contributed by atoms with Gasteiger partial charge in [-0.05, 0) is 24.3 Å². The SMILES string of the molecule is O=C(c1ccco1)N1CC[C@H](Oc2cccc3cccnc23)C1. The maximum Gasteiger partial charge on any atom is 0.289 e. The maximum atomic E-state index is 12.3. The van der Waals surface area contributed by atoms with E-state index in [1.165, 1.54) is 6.26 Å². The van der Waals surface area contributed by atoms with Gasteiger partial charge in [-0.3, -0.25) is 9.78 Å². The first-order valence-corrected chi connectivity index (χ1v) is 7.64. The van der Waals surface area contributed by atoms with Gasteiger partial charge in [0, 0.05) is 24.5 Å². The van der Waals surface area contributed by atoms with E-state index in [0.29, 0.717) is 18.8 Å². The molecule has 3 aromatic rings. The first-order chi connectivity index (χ1) is 11.3. The summed E-state index contributed by atoms with van der Waals surface area (Å²) in [7, 11) is 0. The van der Waals surface area contributed by atoms with Gasteiger partial charge < -0.3 is 14.1 Å². The molecule has 1 amide bonds. The van der Waals surface area contributed by atoms with E-state index in [4.69, 9.17) is 9.15 Å². The number of hydrogen-bond donors (Lipinski definition) is 0. The topological polar surface area (TPSA) is 55.6 Å². The van der Waals surface area contributed by atoms with Crippen LogP contribution in [0, 0.1) is 0 Å². The molecule has 0 N–H and O–H groups in total. The lowest BCUT2D eigenvalue weighted by Crippen LogP contribution is -2.30. The lowest BCUT2D eigenvalue weighted by atomic mass is 10.2. The molecule has 1 saturated heterocycles. The van der Waals surface area contributed by atoms with Crippen molar-refractivity contribution in [2.75, 3.05) is 13.1 Å². The summed E-state index contributed by atoms with van der Waals surface area (Å²) in [6, 6.07) is 13.2. The lowest BCUT2D eigenvalue weighted by Gasteiger charge is -2.17. The van der Waals surface area contributed by atoms with Gasteiger partial charge in [0.15, 0.2) is 5.76 Å². The number of fused-ring (bicyclic) bond motifs is 1. The number of aromatic nitrogens is 1. The molecule has 0 aliphatic carbocycles. The molecule has 0 unspecified atom stereocenters. The number of benzene rings is 1. The Morgan fingerprint density at radius 2 is 2.13 bits per heavy atom. The summed E-state index contributed by atoms with van der Waals surface area (Å²) in [5.74, 6) is 1.05. The minimum atomic E-state index is -0.0860. The fourth-order valence-corrected chi connectivity index (χ4v) is 2.92. The highest BCUT2D eigenvalue weighted by atomic mass is 16.5. The Kier molecular flexibility index (Phi) is 3.46. The van der Waals surface area contributed by atoms with Crippen LogP contribution in [0.3, 0.4) is 0 Å². The molecule has 0 bridgehead atoms. The molecule has 1 atom stereocenters. The number of furan rings is 1. The Bertz CT molecular complexity index is 824. The molecule has 116 valence electrons. The van der Waals surface area contributed by atoms with Gasteiger partial charge in [0.2, 0.25) is 0 Å². The van der Waals surface area contributed by atoms with Crippen LogP contribution in [-0.2, 0) is 0 Å². The quantitative estimate of drug-likeness (QED) is 0.746. The van der Waals surface area contributed by atoms with Gasteiger partial charge in [-0.25, -0.2) is 0 Å². The molecule has 0 spiro atoms. The highest BCUT2D eigenvalue weighted by Gasteiger charge is 2.29. The third kappa shape index (κ3) is 2.65. The molecule has 5 nitrogen and oxygen atoms in total. The summed E-state index contributed by atoms with van der Waals surface area (Å²) >= 11 is 0. The van der Waals surface area contributed by atoms with E-state index in [0.717, 1.165) is 23.1 Å². The van der Waals surface area contributed by atoms with Crippen molar-refractivity contribution in [3.05, 3.63) is 60.7 Å². The van der Waals surface area contributed by atoms with Gasteiger partial charge in [0.25, 0.3) is 5.91 Å². The standard InChI is InChI=1S/C18H16N2O3/c21-18(16-7-3-11-22-16)20-10-8-14(12-20)23-15-6-1-4-13-5-2-9-19-17(13)15/h1-7,9,11,14H,8,10,12H2/t14-/m0/s1. The van der Waals surface area contributed by atoms with Crippen LogP contribution in [0.25, 0.3) is 10.9 Å². The second-order valence-electron chi connectivity index (χ2n) is 5.59. The van der Waals surface area contributed by atoms with Gasteiger partial charge in [-0.2, -0.15) is 0 Å². The second kappa shape index (κ2) is 5.76. The minimum absolute atomic E-state index is 0.0264. The third-order valence-corrected chi connectivity index (χ3v) is 4.05. The van der Waals surface area contributed by atoms with E-state index in [1.807, 2.05) is 30.3 Å². The Hall–Kier alpha value is -2.82. The molecule has 1 aliphatic rings. The van der Waals surface area contributed by atoms with Gasteiger partial charge in [0.1, 0.15) is 17.4 Å². The first kappa shape index (κ1) is 13.8. The van der Waals surface area contributed by atoms with Gasteiger partial charge in [0.05, 0.1) is 12.8 Å². The van der Waals surface area contributed by atoms with Crippen molar-refractivity contribution in [2.24, 2.45) is 0 Å². The maximum absolute atomic E-state index is 12.3. The van der Waals surface area contributed by atoms with Crippen LogP contribution in [0.4, 0.5) is 0 Å². The molecule has 1 fully saturated rings. The molecule has 23 heavy (non-hydrogen) atoms. The number of ether oxygens (including phenoxy) is 1. The number of nitrogens with zero attached hydrogens (tertiary/aromatic N) is 2. The molecular weight excluding hydrogens is 292 g/mol. The summed E-state index contributed by atoms with van der Waals surface area (Å²) < 4.78 is 11.3. The van der Waals surface area contributed by atoms with E-state index >= 15 is 0 Å². The number of amides is 1. The van der Waals surface area contributed by atoms with E-state index in [-0.39, 0.29) is 12.0 Å². The van der Waals surface area contributed by atoms with Crippen LogP contribution >= 0.6 is 0 Å². The first-order valence-electron chi connectivity index (χ1n) is 7.64. The molecule has 5 heteroatoms. The molecule has 2 aromatic heterocycles. The number of rotatable bonds is 3. The number of carbonyl (C=O) groups is 1. The fourth-order valence-electron chi connectivity index (χ4n) is 2.92. The van der Waals surface area contributed by atoms with Crippen LogP contribution in [0.2, 0.25) is 0 Å². The number of hydrogen-bond acceptors (Lipinski definition) is 4. The van der Waals surface area contributed by atoms with Crippen molar-refractivity contribution in [3.63, 3.8) is 0 Å². The largest absolute Gasteiger partial charge is 0.486 e. The fraction of sp³-hybridized carbons (Fsp3) is 0.222. The predicted molar refractivity (Wildman–Crippen MR) is 85.4 cm³/mol. The summed E-state index contributed by atoms with van der Waals surface area (Å²) in [4.78, 5) is 18.4. The minimum Gasteiger partial charge on any atom is -0.486 e. The molecule has 4 rings (SSSR count). The highest BCUT2D eigenvalue weighted by Crippen LogP contribution is 2.26. The smallest absolute Gasteiger partial charge is 0.289 e. The predicted octanol–water partition coefficient (Wildman–Crippen LogP) is 3.12. The Morgan fingerprint density at radius 1 is 1.22 bits per heavy atom. The van der Waals surface area contributed by atoms with Gasteiger partial charge in [-0.15, -0.1) is 0 Å². The summed E-state index contributed by atoms with van der Waals surface area (Å²) in [6.45, 7) is 1.23. The normalized spacial score (nSPS) is 17.6. The molecule has 1 aromatic carbocycles. The van der Waals surface area contributed by atoms with Crippen molar-refractivity contribution in [1.82, 2.24) is 9.88 Å². The zero-order valence-corrected chi connectivity index (χ0v) is 12.5. The summed E-state index contributed by atoms with van der Waals surface area (Å²) in [5, 5.41) is 1.05. The van der Waals surface area contributed by atoms with E-state index in [2.05, 4.69) is 4.98 Å². The number of carbonyl (C=O) groups excluding carboxylic acids is 1.